The molecule has 0 N–H and O–H groups in total. The summed E-state index contributed by atoms with van der Waals surface area (Å²) in [4.78, 5) is 4.31. The van der Waals surface area contributed by atoms with Crippen molar-refractivity contribution in [2.45, 2.75) is 18.8 Å². The smallest absolute Gasteiger partial charge is 0.211 e. The van der Waals surface area contributed by atoms with E-state index in [2.05, 4.69) is 4.98 Å². The van der Waals surface area contributed by atoms with Crippen LogP contribution >= 0.6 is 11.6 Å². The Bertz CT molecular complexity index is 773. The van der Waals surface area contributed by atoms with Gasteiger partial charge in [0.05, 0.1) is 18.4 Å². The van der Waals surface area contributed by atoms with Gasteiger partial charge < -0.3 is 4.42 Å². The Hall–Kier alpha value is -1.37. The summed E-state index contributed by atoms with van der Waals surface area (Å²) in [5.41, 5.74) is 1.05. The van der Waals surface area contributed by atoms with Crippen LogP contribution in [0.4, 0.5) is 0 Å². The predicted octanol–water partition coefficient (Wildman–Crippen LogP) is 2.67. The van der Waals surface area contributed by atoms with E-state index in [4.69, 9.17) is 16.0 Å². The molecule has 3 rings (SSSR count). The molecule has 22 heavy (non-hydrogen) atoms. The molecule has 0 unspecified atom stereocenters. The van der Waals surface area contributed by atoms with Gasteiger partial charge in [0.2, 0.25) is 10.0 Å². The summed E-state index contributed by atoms with van der Waals surface area (Å²) in [6, 6.07) is 7.60. The first-order chi connectivity index (χ1) is 10.4. The van der Waals surface area contributed by atoms with Crippen molar-refractivity contribution < 1.29 is 12.8 Å². The van der Waals surface area contributed by atoms with Crippen LogP contribution in [0.3, 0.4) is 0 Å². The van der Waals surface area contributed by atoms with Crippen molar-refractivity contribution in [3.05, 3.63) is 52.7 Å². The molecular weight excluding hydrogens is 324 g/mol. The molecule has 1 aliphatic rings. The van der Waals surface area contributed by atoms with Crippen molar-refractivity contribution in [2.75, 3.05) is 19.3 Å². The molecule has 2 heterocycles. The first-order valence-corrected chi connectivity index (χ1v) is 9.28. The van der Waals surface area contributed by atoms with Crippen molar-refractivity contribution in [3.63, 3.8) is 0 Å². The van der Waals surface area contributed by atoms with Crippen LogP contribution in [-0.2, 0) is 16.4 Å². The van der Waals surface area contributed by atoms with Gasteiger partial charge in [-0.15, -0.1) is 0 Å². The first-order valence-electron chi connectivity index (χ1n) is 7.06. The molecule has 1 atom stereocenters. The molecule has 0 amide bonds. The summed E-state index contributed by atoms with van der Waals surface area (Å²) in [6.07, 6.45) is 4.30. The fourth-order valence-corrected chi connectivity index (χ4v) is 3.77. The number of hydrogen-bond acceptors (Lipinski definition) is 4. The number of aromatic nitrogens is 1. The van der Waals surface area contributed by atoms with Crippen LogP contribution in [0.25, 0.3) is 0 Å². The average molecular weight is 341 g/mol. The molecule has 1 aromatic carbocycles. The SMILES string of the molecule is CS(=O)(=O)N1CC[C@H](c2ncc(Cc3cccc(Cl)c3)o2)C1. The molecule has 2 aromatic rings. The first kappa shape index (κ1) is 15.5. The van der Waals surface area contributed by atoms with Crippen LogP contribution in [0.1, 0.15) is 29.6 Å². The van der Waals surface area contributed by atoms with E-state index < -0.39 is 10.0 Å². The molecular formula is C15H17ClN2O3S. The summed E-state index contributed by atoms with van der Waals surface area (Å²) >= 11 is 5.97. The molecule has 1 saturated heterocycles. The minimum Gasteiger partial charge on any atom is -0.445 e. The number of halogens is 1. The zero-order valence-electron chi connectivity index (χ0n) is 12.2. The van der Waals surface area contributed by atoms with Gasteiger partial charge in [-0.3, -0.25) is 0 Å². The van der Waals surface area contributed by atoms with Crippen molar-refractivity contribution in [2.24, 2.45) is 0 Å². The Morgan fingerprint density at radius 1 is 1.45 bits per heavy atom. The van der Waals surface area contributed by atoms with Crippen molar-refractivity contribution in [1.29, 1.82) is 0 Å². The Kier molecular flexibility index (Phi) is 4.25. The summed E-state index contributed by atoms with van der Waals surface area (Å²) in [7, 11) is -3.14. The van der Waals surface area contributed by atoms with Gasteiger partial charge in [-0.05, 0) is 24.1 Å². The van der Waals surface area contributed by atoms with Crippen LogP contribution in [0.2, 0.25) is 5.02 Å². The number of benzene rings is 1. The van der Waals surface area contributed by atoms with E-state index in [-0.39, 0.29) is 5.92 Å². The highest BCUT2D eigenvalue weighted by Crippen LogP contribution is 2.28. The van der Waals surface area contributed by atoms with Gasteiger partial charge in [-0.25, -0.2) is 17.7 Å². The van der Waals surface area contributed by atoms with E-state index in [9.17, 15) is 8.42 Å². The Morgan fingerprint density at radius 2 is 2.27 bits per heavy atom. The second kappa shape index (κ2) is 6.02. The maximum atomic E-state index is 11.6. The number of oxazole rings is 1. The number of nitrogens with zero attached hydrogens (tertiary/aromatic N) is 2. The average Bonchev–Trinajstić information content (AvgIpc) is 3.06. The molecule has 0 radical (unpaired) electrons. The molecule has 0 saturated carbocycles. The lowest BCUT2D eigenvalue weighted by Gasteiger charge is -2.11. The highest BCUT2D eigenvalue weighted by molar-refractivity contribution is 7.88. The fourth-order valence-electron chi connectivity index (χ4n) is 2.67. The van der Waals surface area contributed by atoms with Gasteiger partial charge in [0, 0.05) is 24.5 Å². The van der Waals surface area contributed by atoms with Crippen molar-refractivity contribution in [3.8, 4) is 0 Å². The van der Waals surface area contributed by atoms with E-state index >= 15 is 0 Å². The number of sulfonamides is 1. The number of hydrogen-bond donors (Lipinski definition) is 0. The van der Waals surface area contributed by atoms with Gasteiger partial charge in [-0.1, -0.05) is 23.7 Å². The lowest BCUT2D eigenvalue weighted by Crippen LogP contribution is -2.27. The Morgan fingerprint density at radius 3 is 2.95 bits per heavy atom. The Balaban J connectivity index is 1.70. The molecule has 1 aromatic heterocycles. The molecule has 1 fully saturated rings. The van der Waals surface area contributed by atoms with Crippen LogP contribution in [0.5, 0.6) is 0 Å². The monoisotopic (exact) mass is 340 g/mol. The predicted molar refractivity (Wildman–Crippen MR) is 84.5 cm³/mol. The third-order valence-corrected chi connectivity index (χ3v) is 5.31. The maximum absolute atomic E-state index is 11.6. The maximum Gasteiger partial charge on any atom is 0.211 e. The molecule has 1 aliphatic heterocycles. The van der Waals surface area contributed by atoms with Gasteiger partial charge in [0.15, 0.2) is 5.89 Å². The van der Waals surface area contributed by atoms with Gasteiger partial charge in [0.25, 0.3) is 0 Å². The molecule has 0 bridgehead atoms. The van der Waals surface area contributed by atoms with E-state index in [1.54, 1.807) is 6.20 Å². The summed E-state index contributed by atoms with van der Waals surface area (Å²) in [5, 5.41) is 0.692. The van der Waals surface area contributed by atoms with Crippen molar-refractivity contribution >= 4 is 21.6 Å². The highest BCUT2D eigenvalue weighted by Gasteiger charge is 2.32. The summed E-state index contributed by atoms with van der Waals surface area (Å²) in [5.74, 6) is 1.40. The molecule has 118 valence electrons. The van der Waals surface area contributed by atoms with E-state index in [1.807, 2.05) is 24.3 Å². The van der Waals surface area contributed by atoms with E-state index in [0.717, 1.165) is 17.7 Å². The summed E-state index contributed by atoms with van der Waals surface area (Å²) in [6.45, 7) is 0.964. The largest absolute Gasteiger partial charge is 0.445 e. The van der Waals surface area contributed by atoms with Gasteiger partial charge in [-0.2, -0.15) is 0 Å². The van der Waals surface area contributed by atoms with Crippen LogP contribution < -0.4 is 0 Å². The molecule has 0 spiro atoms. The minimum atomic E-state index is -3.14. The fraction of sp³-hybridized carbons (Fsp3) is 0.400. The molecule has 0 aliphatic carbocycles. The normalized spacial score (nSPS) is 19.6. The van der Waals surface area contributed by atoms with Crippen LogP contribution in [0.15, 0.2) is 34.9 Å². The van der Waals surface area contributed by atoms with Crippen LogP contribution in [-0.4, -0.2) is 37.1 Å². The third kappa shape index (κ3) is 3.51. The summed E-state index contributed by atoms with van der Waals surface area (Å²) < 4.78 is 30.4. The van der Waals surface area contributed by atoms with E-state index in [0.29, 0.717) is 30.4 Å². The third-order valence-electron chi connectivity index (χ3n) is 3.81. The van der Waals surface area contributed by atoms with Gasteiger partial charge >= 0.3 is 0 Å². The second-order valence-electron chi connectivity index (χ2n) is 5.58. The Labute approximate surface area is 135 Å². The zero-order valence-corrected chi connectivity index (χ0v) is 13.8. The van der Waals surface area contributed by atoms with E-state index in [1.165, 1.54) is 10.6 Å². The quantitative estimate of drug-likeness (QED) is 0.858. The van der Waals surface area contributed by atoms with Gasteiger partial charge in [0.1, 0.15) is 5.76 Å². The topological polar surface area (TPSA) is 63.4 Å². The number of rotatable bonds is 4. The molecule has 7 heteroatoms. The lowest BCUT2D eigenvalue weighted by atomic mass is 10.1. The van der Waals surface area contributed by atoms with Crippen LogP contribution in [0, 0.1) is 0 Å². The molecule has 5 nitrogen and oxygen atoms in total. The standard InChI is InChI=1S/C15H17ClN2O3S/c1-22(19,20)18-6-5-12(10-18)15-17-9-14(21-15)8-11-3-2-4-13(16)7-11/h2-4,7,9,12H,5-6,8,10H2,1H3/t12-/m0/s1. The van der Waals surface area contributed by atoms with Crippen molar-refractivity contribution in [1.82, 2.24) is 9.29 Å². The zero-order chi connectivity index (χ0) is 15.7. The highest BCUT2D eigenvalue weighted by atomic mass is 35.5. The minimum absolute atomic E-state index is 0.0304. The lowest BCUT2D eigenvalue weighted by molar-refractivity contribution is 0.418. The second-order valence-corrected chi connectivity index (χ2v) is 8.00.